The lowest BCUT2D eigenvalue weighted by molar-refractivity contribution is 0.602. The number of benzene rings is 1. The zero-order valence-corrected chi connectivity index (χ0v) is 8.77. The van der Waals surface area contributed by atoms with Crippen molar-refractivity contribution in [1.82, 2.24) is 0 Å². The second-order valence-corrected chi connectivity index (χ2v) is 5.01. The number of hydrogen-bond acceptors (Lipinski definition) is 3. The zero-order chi connectivity index (χ0) is 10.1. The molecule has 0 radical (unpaired) electrons. The van der Waals surface area contributed by atoms with E-state index in [1.54, 1.807) is 18.2 Å². The minimum Gasteiger partial charge on any atom is -0.388 e. The second-order valence-electron chi connectivity index (χ2n) is 3.00. The van der Waals surface area contributed by atoms with Gasteiger partial charge in [-0.25, -0.2) is 8.42 Å². The molecular weight excluding hydrogens is 186 g/mol. The Balaban J connectivity index is 3.26. The van der Waals surface area contributed by atoms with E-state index in [9.17, 15) is 8.42 Å². The topological polar surface area (TPSA) is 46.2 Å². The van der Waals surface area contributed by atoms with Crippen LogP contribution in [-0.2, 0) is 9.84 Å². The van der Waals surface area contributed by atoms with E-state index in [1.165, 1.54) is 6.26 Å². The van der Waals surface area contributed by atoms with Gasteiger partial charge in [-0.15, -0.1) is 0 Å². The van der Waals surface area contributed by atoms with Crippen molar-refractivity contribution in [3.05, 3.63) is 23.8 Å². The number of hydrogen-bond donors (Lipinski definition) is 1. The van der Waals surface area contributed by atoms with Gasteiger partial charge in [-0.1, -0.05) is 0 Å². The first-order valence-electron chi connectivity index (χ1n) is 3.93. The Morgan fingerprint density at radius 3 is 2.31 bits per heavy atom. The van der Waals surface area contributed by atoms with E-state index in [0.29, 0.717) is 4.90 Å². The maximum absolute atomic E-state index is 11.2. The van der Waals surface area contributed by atoms with Crippen molar-refractivity contribution >= 4 is 15.5 Å². The average Bonchev–Trinajstić information content (AvgIpc) is 2.02. The maximum Gasteiger partial charge on any atom is 0.175 e. The van der Waals surface area contributed by atoms with E-state index in [2.05, 4.69) is 5.32 Å². The first-order valence-corrected chi connectivity index (χ1v) is 5.83. The van der Waals surface area contributed by atoms with Crippen molar-refractivity contribution in [1.29, 1.82) is 0 Å². The number of nitrogens with one attached hydrogen (secondary N) is 1. The van der Waals surface area contributed by atoms with Crippen LogP contribution in [-0.4, -0.2) is 21.7 Å². The molecule has 0 bridgehead atoms. The van der Waals surface area contributed by atoms with E-state index in [4.69, 9.17) is 0 Å². The van der Waals surface area contributed by atoms with Gasteiger partial charge in [-0.05, 0) is 30.7 Å². The summed E-state index contributed by atoms with van der Waals surface area (Å²) >= 11 is 0. The molecule has 0 aromatic heterocycles. The number of anilines is 1. The Labute approximate surface area is 78.7 Å². The lowest BCUT2D eigenvalue weighted by Gasteiger charge is -2.06. The van der Waals surface area contributed by atoms with Crippen LogP contribution in [0.3, 0.4) is 0 Å². The molecule has 0 aliphatic rings. The molecule has 0 saturated carbocycles. The summed E-state index contributed by atoms with van der Waals surface area (Å²) in [5.74, 6) is 0. The molecule has 0 aliphatic heterocycles. The molecule has 3 nitrogen and oxygen atoms in total. The lowest BCUT2D eigenvalue weighted by atomic mass is 10.2. The highest BCUT2D eigenvalue weighted by molar-refractivity contribution is 7.90. The van der Waals surface area contributed by atoms with Crippen molar-refractivity contribution in [2.75, 3.05) is 18.6 Å². The predicted octanol–water partition coefficient (Wildman–Crippen LogP) is 1.44. The van der Waals surface area contributed by atoms with E-state index < -0.39 is 9.84 Å². The molecule has 0 atom stereocenters. The smallest absolute Gasteiger partial charge is 0.175 e. The van der Waals surface area contributed by atoms with E-state index in [1.807, 2.05) is 14.0 Å². The third kappa shape index (κ3) is 2.21. The fourth-order valence-corrected chi connectivity index (χ4v) is 1.85. The van der Waals surface area contributed by atoms with Gasteiger partial charge >= 0.3 is 0 Å². The molecule has 72 valence electrons. The highest BCUT2D eigenvalue weighted by Crippen LogP contribution is 2.18. The Morgan fingerprint density at radius 2 is 1.92 bits per heavy atom. The lowest BCUT2D eigenvalue weighted by Crippen LogP contribution is -1.99. The quantitative estimate of drug-likeness (QED) is 0.784. The number of sulfone groups is 1. The standard InChI is InChI=1S/C9H13NO2S/c1-7-6-8(13(3,11)12)4-5-9(7)10-2/h4-6,10H,1-3H3. The Bertz CT molecular complexity index is 410. The molecule has 1 aromatic carbocycles. The number of aryl methyl sites for hydroxylation is 1. The largest absolute Gasteiger partial charge is 0.388 e. The van der Waals surface area contributed by atoms with Gasteiger partial charge in [0.1, 0.15) is 0 Å². The first-order chi connectivity index (χ1) is 5.95. The summed E-state index contributed by atoms with van der Waals surface area (Å²) in [5.41, 5.74) is 1.89. The van der Waals surface area contributed by atoms with Crippen LogP contribution in [0.1, 0.15) is 5.56 Å². The van der Waals surface area contributed by atoms with Gasteiger partial charge in [-0.2, -0.15) is 0 Å². The highest BCUT2D eigenvalue weighted by Gasteiger charge is 2.07. The first kappa shape index (κ1) is 10.1. The minimum atomic E-state index is -3.08. The van der Waals surface area contributed by atoms with Crippen LogP contribution in [0.4, 0.5) is 5.69 Å². The summed E-state index contributed by atoms with van der Waals surface area (Å²) in [6.07, 6.45) is 1.21. The van der Waals surface area contributed by atoms with E-state index in [0.717, 1.165) is 11.3 Å². The Hall–Kier alpha value is -1.03. The van der Waals surface area contributed by atoms with E-state index >= 15 is 0 Å². The summed E-state index contributed by atoms with van der Waals surface area (Å²) in [5, 5.41) is 2.98. The van der Waals surface area contributed by atoms with Crippen LogP contribution < -0.4 is 5.32 Å². The molecule has 4 heteroatoms. The van der Waals surface area contributed by atoms with Crippen molar-refractivity contribution in [2.24, 2.45) is 0 Å². The summed E-state index contributed by atoms with van der Waals surface area (Å²) in [7, 11) is -1.27. The molecular formula is C9H13NO2S. The van der Waals surface area contributed by atoms with Crippen LogP contribution in [0.15, 0.2) is 23.1 Å². The molecule has 1 N–H and O–H groups in total. The second kappa shape index (κ2) is 3.38. The van der Waals surface area contributed by atoms with Crippen molar-refractivity contribution in [3.8, 4) is 0 Å². The molecule has 1 rings (SSSR count). The molecule has 0 saturated heterocycles. The van der Waals surface area contributed by atoms with Gasteiger partial charge in [-0.3, -0.25) is 0 Å². The zero-order valence-electron chi connectivity index (χ0n) is 7.96. The van der Waals surface area contributed by atoms with Crippen LogP contribution in [0.2, 0.25) is 0 Å². The van der Waals surface area contributed by atoms with Crippen LogP contribution in [0.25, 0.3) is 0 Å². The molecule has 0 unspecified atom stereocenters. The summed E-state index contributed by atoms with van der Waals surface area (Å²) < 4.78 is 22.3. The van der Waals surface area contributed by atoms with Gasteiger partial charge in [0.05, 0.1) is 4.90 Å². The maximum atomic E-state index is 11.2. The summed E-state index contributed by atoms with van der Waals surface area (Å²) in [6, 6.07) is 5.04. The van der Waals surface area contributed by atoms with Gasteiger partial charge in [0.25, 0.3) is 0 Å². The fourth-order valence-electron chi connectivity index (χ4n) is 1.15. The Kier molecular flexibility index (Phi) is 2.61. The molecule has 13 heavy (non-hydrogen) atoms. The van der Waals surface area contributed by atoms with Crippen LogP contribution in [0.5, 0.6) is 0 Å². The normalized spacial score (nSPS) is 11.3. The van der Waals surface area contributed by atoms with Gasteiger partial charge in [0, 0.05) is 19.0 Å². The average molecular weight is 199 g/mol. The fraction of sp³-hybridized carbons (Fsp3) is 0.333. The molecule has 1 aromatic rings. The third-order valence-electron chi connectivity index (χ3n) is 1.90. The van der Waals surface area contributed by atoms with Crippen molar-refractivity contribution in [2.45, 2.75) is 11.8 Å². The van der Waals surface area contributed by atoms with Crippen LogP contribution in [0, 0.1) is 6.92 Å². The molecule has 0 fully saturated rings. The van der Waals surface area contributed by atoms with Gasteiger partial charge < -0.3 is 5.32 Å². The Morgan fingerprint density at radius 1 is 1.31 bits per heavy atom. The monoisotopic (exact) mass is 199 g/mol. The molecule has 0 amide bonds. The third-order valence-corrected chi connectivity index (χ3v) is 3.01. The van der Waals surface area contributed by atoms with Gasteiger partial charge in [0.2, 0.25) is 0 Å². The SMILES string of the molecule is CNc1ccc(S(C)(=O)=O)cc1C. The molecule has 0 heterocycles. The predicted molar refractivity (Wildman–Crippen MR) is 53.8 cm³/mol. The van der Waals surface area contributed by atoms with Crippen LogP contribution >= 0.6 is 0 Å². The highest BCUT2D eigenvalue weighted by atomic mass is 32.2. The molecule has 0 spiro atoms. The van der Waals surface area contributed by atoms with Crippen molar-refractivity contribution in [3.63, 3.8) is 0 Å². The minimum absolute atomic E-state index is 0.365. The summed E-state index contributed by atoms with van der Waals surface area (Å²) in [6.45, 7) is 1.88. The van der Waals surface area contributed by atoms with Gasteiger partial charge in [0.15, 0.2) is 9.84 Å². The number of rotatable bonds is 2. The van der Waals surface area contributed by atoms with Crippen molar-refractivity contribution < 1.29 is 8.42 Å². The van der Waals surface area contributed by atoms with E-state index in [-0.39, 0.29) is 0 Å². The molecule has 0 aliphatic carbocycles. The summed E-state index contributed by atoms with van der Waals surface area (Å²) in [4.78, 5) is 0.365.